The molecule has 0 aromatic carbocycles. The van der Waals surface area contributed by atoms with Crippen molar-refractivity contribution in [2.75, 3.05) is 13.1 Å². The molecular weight excluding hydrogens is 112 g/mol. The molecule has 0 amide bonds. The van der Waals surface area contributed by atoms with Crippen LogP contribution >= 0.6 is 0 Å². The van der Waals surface area contributed by atoms with E-state index in [2.05, 4.69) is 10.6 Å². The van der Waals surface area contributed by atoms with Crippen LogP contribution in [-0.2, 0) is 11.3 Å². The van der Waals surface area contributed by atoms with Gasteiger partial charge in [-0.2, -0.15) is 0 Å². The smallest absolute Gasteiger partial charge is 0.154 e. The summed E-state index contributed by atoms with van der Waals surface area (Å²) in [5.74, 6) is 0. The Morgan fingerprint density at radius 1 is 1.43 bits per heavy atom. The van der Waals surface area contributed by atoms with Crippen LogP contribution in [0.1, 0.15) is 0 Å². The van der Waals surface area contributed by atoms with Crippen molar-refractivity contribution >= 4 is 16.4 Å². The Bertz CT molecular complexity index is 110. The molecule has 0 aliphatic carbocycles. The van der Waals surface area contributed by atoms with E-state index in [1.54, 1.807) is 0 Å². The highest BCUT2D eigenvalue weighted by atomic mass is 32.1. The van der Waals surface area contributed by atoms with Crippen molar-refractivity contribution < 1.29 is 4.21 Å². The van der Waals surface area contributed by atoms with E-state index in [9.17, 15) is 4.21 Å². The summed E-state index contributed by atoms with van der Waals surface area (Å²) in [6, 6.07) is 0. The first-order valence-corrected chi connectivity index (χ1v) is 2.82. The minimum Gasteiger partial charge on any atom is -0.267 e. The van der Waals surface area contributed by atoms with Crippen LogP contribution < -0.4 is 10.6 Å². The summed E-state index contributed by atoms with van der Waals surface area (Å²) in [7, 11) is 0. The van der Waals surface area contributed by atoms with Gasteiger partial charge in [0.25, 0.3) is 0 Å². The molecule has 2 N–H and O–H groups in total. The lowest BCUT2D eigenvalue weighted by Crippen LogP contribution is -2.22. The maximum absolute atomic E-state index is 9.89. The van der Waals surface area contributed by atoms with E-state index in [4.69, 9.17) is 0 Å². The van der Waals surface area contributed by atoms with Gasteiger partial charge in [-0.15, -0.1) is 0 Å². The molecule has 1 saturated heterocycles. The molecule has 1 aliphatic heterocycles. The number of hydrogen-bond acceptors (Lipinski definition) is 1. The fourth-order valence-corrected chi connectivity index (χ4v) is 0.795. The number of nitrogens with one attached hydrogen (secondary N) is 2. The predicted molar refractivity (Wildman–Crippen MR) is 29.2 cm³/mol. The van der Waals surface area contributed by atoms with Crippen molar-refractivity contribution in [3.05, 3.63) is 0 Å². The van der Waals surface area contributed by atoms with Gasteiger partial charge in [0.1, 0.15) is 11.3 Å². The fraction of sp³-hybridized carbons (Fsp3) is 0.667. The Morgan fingerprint density at radius 3 is 2.29 bits per heavy atom. The molecule has 0 aromatic rings. The van der Waals surface area contributed by atoms with Gasteiger partial charge in [-0.3, -0.25) is 10.6 Å². The third-order valence-electron chi connectivity index (χ3n) is 0.779. The van der Waals surface area contributed by atoms with Crippen LogP contribution in [0.5, 0.6) is 0 Å². The van der Waals surface area contributed by atoms with Crippen molar-refractivity contribution in [2.45, 2.75) is 0 Å². The monoisotopic (exact) mass is 118 g/mol. The Kier molecular flexibility index (Phi) is 1.56. The van der Waals surface area contributed by atoms with Crippen molar-refractivity contribution in [3.8, 4) is 0 Å². The highest BCUT2D eigenvalue weighted by Gasteiger charge is 2.02. The van der Waals surface area contributed by atoms with Gasteiger partial charge in [0.05, 0.1) is 0 Å². The zero-order valence-corrected chi connectivity index (χ0v) is 4.55. The number of rotatable bonds is 0. The van der Waals surface area contributed by atoms with E-state index in [0.29, 0.717) is 16.4 Å². The van der Waals surface area contributed by atoms with Gasteiger partial charge in [0.2, 0.25) is 0 Å². The first-order chi connectivity index (χ1) is 3.43. The molecule has 0 unspecified atom stereocenters. The van der Waals surface area contributed by atoms with Crippen molar-refractivity contribution in [1.82, 2.24) is 10.6 Å². The lowest BCUT2D eigenvalue weighted by Gasteiger charge is -1.82. The summed E-state index contributed by atoms with van der Waals surface area (Å²) in [5, 5.41) is 6.38. The Balaban J connectivity index is 2.57. The Labute approximate surface area is 45.2 Å². The highest BCUT2D eigenvalue weighted by molar-refractivity contribution is 7.66. The summed E-state index contributed by atoms with van der Waals surface area (Å²) in [6.07, 6.45) is 0. The van der Waals surface area contributed by atoms with Crippen LogP contribution in [0, 0.1) is 0 Å². The molecule has 0 bridgehead atoms. The van der Waals surface area contributed by atoms with E-state index in [-0.39, 0.29) is 0 Å². The third-order valence-corrected chi connectivity index (χ3v) is 1.23. The zero-order valence-electron chi connectivity index (χ0n) is 3.73. The molecule has 40 valence electrons. The molecule has 3 nitrogen and oxygen atoms in total. The van der Waals surface area contributed by atoms with Gasteiger partial charge >= 0.3 is 0 Å². The summed E-state index contributed by atoms with van der Waals surface area (Å²) in [6.45, 7) is 1.76. The normalized spacial score (nSPS) is 20.3. The second-order valence-corrected chi connectivity index (χ2v) is 1.84. The van der Waals surface area contributed by atoms with Crippen LogP contribution in [0.2, 0.25) is 0 Å². The zero-order chi connectivity index (χ0) is 5.11. The molecule has 1 heterocycles. The second kappa shape index (κ2) is 2.20. The molecule has 0 atom stereocenters. The molecule has 0 aromatic heterocycles. The van der Waals surface area contributed by atoms with Gasteiger partial charge in [-0.25, -0.2) is 4.21 Å². The lowest BCUT2D eigenvalue weighted by atomic mass is 10.7. The average molecular weight is 118 g/mol. The molecule has 1 aliphatic rings. The predicted octanol–water partition coefficient (Wildman–Crippen LogP) is -1.52. The maximum Gasteiger partial charge on any atom is 0.154 e. The quantitative estimate of drug-likeness (QED) is 0.379. The number of hydrogen-bond donors (Lipinski definition) is 2. The standard InChI is InChI=1S/C3H6N2OS/c6-7-3-4-1-2-5-3/h4-5H,1-2H2. The summed E-state index contributed by atoms with van der Waals surface area (Å²) >= 11 is 0.477. The molecule has 0 saturated carbocycles. The largest absolute Gasteiger partial charge is 0.267 e. The maximum atomic E-state index is 9.89. The van der Waals surface area contributed by atoms with E-state index in [1.165, 1.54) is 0 Å². The molecule has 0 spiro atoms. The third kappa shape index (κ3) is 1.09. The molecule has 1 fully saturated rings. The van der Waals surface area contributed by atoms with Crippen LogP contribution in [0.3, 0.4) is 0 Å². The minimum atomic E-state index is 0.477. The minimum absolute atomic E-state index is 0.477. The summed E-state index contributed by atoms with van der Waals surface area (Å²) in [5.41, 5.74) is 0. The van der Waals surface area contributed by atoms with Crippen molar-refractivity contribution in [1.29, 1.82) is 0 Å². The SMILES string of the molecule is O=S=C1NCCN1. The van der Waals surface area contributed by atoms with Gasteiger partial charge in [0, 0.05) is 13.1 Å². The van der Waals surface area contributed by atoms with Crippen LogP contribution in [0.4, 0.5) is 0 Å². The van der Waals surface area contributed by atoms with Gasteiger partial charge in [0.15, 0.2) is 5.11 Å². The van der Waals surface area contributed by atoms with Crippen LogP contribution in [0.15, 0.2) is 0 Å². The molecule has 4 heteroatoms. The molecule has 0 radical (unpaired) electrons. The molecule has 1 rings (SSSR count). The second-order valence-electron chi connectivity index (χ2n) is 1.27. The van der Waals surface area contributed by atoms with Crippen LogP contribution in [0.25, 0.3) is 0 Å². The summed E-state index contributed by atoms with van der Waals surface area (Å²) in [4.78, 5) is 0. The van der Waals surface area contributed by atoms with E-state index >= 15 is 0 Å². The Hall–Kier alpha value is -0.190. The molecule has 7 heavy (non-hydrogen) atoms. The lowest BCUT2D eigenvalue weighted by molar-refractivity contribution is 0.700. The van der Waals surface area contributed by atoms with E-state index < -0.39 is 0 Å². The van der Waals surface area contributed by atoms with Crippen LogP contribution in [-0.4, -0.2) is 22.4 Å². The van der Waals surface area contributed by atoms with E-state index in [1.807, 2.05) is 0 Å². The first-order valence-electron chi connectivity index (χ1n) is 2.08. The van der Waals surface area contributed by atoms with E-state index in [0.717, 1.165) is 13.1 Å². The highest BCUT2D eigenvalue weighted by Crippen LogP contribution is 1.68. The van der Waals surface area contributed by atoms with Gasteiger partial charge in [-0.1, -0.05) is 0 Å². The van der Waals surface area contributed by atoms with Gasteiger partial charge in [-0.05, 0) is 0 Å². The van der Waals surface area contributed by atoms with Gasteiger partial charge < -0.3 is 0 Å². The summed E-state index contributed by atoms with van der Waals surface area (Å²) < 4.78 is 9.89. The topological polar surface area (TPSA) is 41.1 Å². The first kappa shape index (κ1) is 4.96. The van der Waals surface area contributed by atoms with Crippen molar-refractivity contribution in [3.63, 3.8) is 0 Å². The fourth-order valence-electron chi connectivity index (χ4n) is 0.473. The molecular formula is C3H6N2OS. The Morgan fingerprint density at radius 2 is 2.00 bits per heavy atom. The van der Waals surface area contributed by atoms with Crippen molar-refractivity contribution in [2.24, 2.45) is 0 Å². The average Bonchev–Trinajstić information content (AvgIpc) is 2.14.